The zero-order valence-electron chi connectivity index (χ0n) is 12.4. The van der Waals surface area contributed by atoms with E-state index in [0.717, 1.165) is 43.7 Å². The maximum atomic E-state index is 13.5. The van der Waals surface area contributed by atoms with E-state index in [1.807, 2.05) is 13.0 Å². The largest absolute Gasteiger partial charge is 0.377 e. The molecule has 1 aliphatic rings. The van der Waals surface area contributed by atoms with Crippen LogP contribution in [0.3, 0.4) is 0 Å². The number of hydrogen-bond acceptors (Lipinski definition) is 3. The molecule has 0 aliphatic carbocycles. The van der Waals surface area contributed by atoms with E-state index in [4.69, 9.17) is 10.5 Å². The first-order valence-corrected chi connectivity index (χ1v) is 7.47. The van der Waals surface area contributed by atoms with Crippen molar-refractivity contribution >= 4 is 0 Å². The number of ether oxygens (including phenoxy) is 1. The molecule has 0 saturated carbocycles. The molecule has 1 heterocycles. The lowest BCUT2D eigenvalue weighted by atomic mass is 9.99. The fourth-order valence-electron chi connectivity index (χ4n) is 2.97. The van der Waals surface area contributed by atoms with Gasteiger partial charge in [0, 0.05) is 25.7 Å². The second kappa shape index (κ2) is 7.16. The summed E-state index contributed by atoms with van der Waals surface area (Å²) in [7, 11) is 0. The number of hydrogen-bond donors (Lipinski definition) is 1. The van der Waals surface area contributed by atoms with Crippen LogP contribution in [-0.4, -0.2) is 37.2 Å². The van der Waals surface area contributed by atoms with Crippen molar-refractivity contribution in [3.05, 3.63) is 35.1 Å². The van der Waals surface area contributed by atoms with E-state index in [1.54, 1.807) is 6.07 Å². The van der Waals surface area contributed by atoms with E-state index >= 15 is 0 Å². The Hall–Kier alpha value is -0.970. The molecule has 1 saturated heterocycles. The van der Waals surface area contributed by atoms with E-state index < -0.39 is 0 Å². The van der Waals surface area contributed by atoms with Crippen LogP contribution in [0.1, 0.15) is 36.9 Å². The number of likely N-dealkylation sites (N-methyl/N-ethyl adjacent to an activating group) is 1. The van der Waals surface area contributed by atoms with Gasteiger partial charge >= 0.3 is 0 Å². The summed E-state index contributed by atoms with van der Waals surface area (Å²) in [5.41, 5.74) is 8.05. The van der Waals surface area contributed by atoms with Crippen LogP contribution in [-0.2, 0) is 4.74 Å². The highest BCUT2D eigenvalue weighted by atomic mass is 19.1. The van der Waals surface area contributed by atoms with Crippen LogP contribution in [0.5, 0.6) is 0 Å². The highest BCUT2D eigenvalue weighted by Crippen LogP contribution is 2.25. The van der Waals surface area contributed by atoms with E-state index in [2.05, 4.69) is 11.8 Å². The molecule has 0 bridgehead atoms. The van der Waals surface area contributed by atoms with Gasteiger partial charge in [-0.3, -0.25) is 4.90 Å². The first-order chi connectivity index (χ1) is 9.65. The molecule has 3 nitrogen and oxygen atoms in total. The average Bonchev–Trinajstić information content (AvgIpc) is 2.95. The van der Waals surface area contributed by atoms with E-state index in [1.165, 1.54) is 6.07 Å². The van der Waals surface area contributed by atoms with Crippen molar-refractivity contribution in [1.29, 1.82) is 0 Å². The summed E-state index contributed by atoms with van der Waals surface area (Å²) >= 11 is 0. The second-order valence-corrected chi connectivity index (χ2v) is 5.47. The molecule has 2 N–H and O–H groups in total. The molecule has 0 aromatic heterocycles. The van der Waals surface area contributed by atoms with Gasteiger partial charge in [0.1, 0.15) is 5.82 Å². The van der Waals surface area contributed by atoms with Gasteiger partial charge in [-0.2, -0.15) is 0 Å². The minimum atomic E-state index is -0.197. The average molecular weight is 280 g/mol. The van der Waals surface area contributed by atoms with Gasteiger partial charge in [0.2, 0.25) is 0 Å². The molecule has 0 spiro atoms. The van der Waals surface area contributed by atoms with E-state index in [-0.39, 0.29) is 18.0 Å². The topological polar surface area (TPSA) is 38.5 Å². The number of rotatable bonds is 6. The molecule has 20 heavy (non-hydrogen) atoms. The molecule has 0 radical (unpaired) electrons. The highest BCUT2D eigenvalue weighted by molar-refractivity contribution is 5.30. The van der Waals surface area contributed by atoms with Gasteiger partial charge in [-0.05, 0) is 49.6 Å². The molecule has 1 aliphatic heterocycles. The molecule has 0 amide bonds. The van der Waals surface area contributed by atoms with Crippen molar-refractivity contribution in [2.45, 2.75) is 38.8 Å². The Balaban J connectivity index is 2.17. The lowest BCUT2D eigenvalue weighted by Crippen LogP contribution is -2.39. The third-order valence-corrected chi connectivity index (χ3v) is 4.13. The van der Waals surface area contributed by atoms with Gasteiger partial charge in [-0.1, -0.05) is 13.0 Å². The molecule has 1 fully saturated rings. The normalized spacial score (nSPS) is 20.6. The van der Waals surface area contributed by atoms with Crippen molar-refractivity contribution in [2.75, 3.05) is 26.2 Å². The predicted molar refractivity (Wildman–Crippen MR) is 79.2 cm³/mol. The molecular weight excluding hydrogens is 255 g/mol. The third kappa shape index (κ3) is 3.57. The van der Waals surface area contributed by atoms with Crippen LogP contribution in [0, 0.1) is 12.7 Å². The number of benzene rings is 1. The van der Waals surface area contributed by atoms with Crippen LogP contribution in [0.25, 0.3) is 0 Å². The maximum absolute atomic E-state index is 13.5. The summed E-state index contributed by atoms with van der Waals surface area (Å²) in [6.07, 6.45) is 2.53. The van der Waals surface area contributed by atoms with Gasteiger partial charge in [0.25, 0.3) is 0 Å². The first-order valence-electron chi connectivity index (χ1n) is 7.47. The van der Waals surface area contributed by atoms with Crippen LogP contribution >= 0.6 is 0 Å². The molecule has 2 rings (SSSR count). The van der Waals surface area contributed by atoms with Crippen molar-refractivity contribution in [1.82, 2.24) is 4.90 Å². The van der Waals surface area contributed by atoms with Gasteiger partial charge in [0.15, 0.2) is 0 Å². The highest BCUT2D eigenvalue weighted by Gasteiger charge is 2.25. The molecular formula is C16H25FN2O. The predicted octanol–water partition coefficient (Wildman–Crippen LogP) is 2.63. The summed E-state index contributed by atoms with van der Waals surface area (Å²) in [6, 6.07) is 5.00. The van der Waals surface area contributed by atoms with Crippen molar-refractivity contribution in [3.63, 3.8) is 0 Å². The second-order valence-electron chi connectivity index (χ2n) is 5.47. The van der Waals surface area contributed by atoms with Crippen molar-refractivity contribution in [3.8, 4) is 0 Å². The standard InChI is InChI=1S/C16H25FN2O/c1-3-19(11-14-5-4-8-20-14)16(10-18)15-9-13(17)7-6-12(15)2/h6-7,9,14,16H,3-5,8,10-11,18H2,1-2H3. The summed E-state index contributed by atoms with van der Waals surface area (Å²) < 4.78 is 19.2. The lowest BCUT2D eigenvalue weighted by Gasteiger charge is -2.32. The number of halogens is 1. The number of aryl methyl sites for hydroxylation is 1. The monoisotopic (exact) mass is 280 g/mol. The Labute approximate surface area is 120 Å². The lowest BCUT2D eigenvalue weighted by molar-refractivity contribution is 0.0600. The van der Waals surface area contributed by atoms with Crippen LogP contribution in [0.15, 0.2) is 18.2 Å². The van der Waals surface area contributed by atoms with Crippen LogP contribution in [0.2, 0.25) is 0 Å². The first kappa shape index (κ1) is 15.4. The fourth-order valence-corrected chi connectivity index (χ4v) is 2.97. The summed E-state index contributed by atoms with van der Waals surface area (Å²) in [5.74, 6) is -0.197. The van der Waals surface area contributed by atoms with E-state index in [0.29, 0.717) is 6.54 Å². The summed E-state index contributed by atoms with van der Waals surface area (Å²) in [5, 5.41) is 0. The Morgan fingerprint density at radius 1 is 1.50 bits per heavy atom. The van der Waals surface area contributed by atoms with Crippen LogP contribution < -0.4 is 5.73 Å². The van der Waals surface area contributed by atoms with Crippen molar-refractivity contribution < 1.29 is 9.13 Å². The molecule has 1 aromatic carbocycles. The van der Waals surface area contributed by atoms with Gasteiger partial charge in [0.05, 0.1) is 6.10 Å². The van der Waals surface area contributed by atoms with Crippen LogP contribution in [0.4, 0.5) is 4.39 Å². The Morgan fingerprint density at radius 2 is 2.30 bits per heavy atom. The SMILES string of the molecule is CCN(CC1CCCO1)C(CN)c1cc(F)ccc1C. The molecule has 1 aromatic rings. The zero-order chi connectivity index (χ0) is 14.5. The molecule has 112 valence electrons. The van der Waals surface area contributed by atoms with Gasteiger partial charge in [-0.15, -0.1) is 0 Å². The molecule has 2 atom stereocenters. The maximum Gasteiger partial charge on any atom is 0.123 e. The molecule has 2 unspecified atom stereocenters. The Morgan fingerprint density at radius 3 is 2.90 bits per heavy atom. The summed E-state index contributed by atoms with van der Waals surface area (Å²) in [6.45, 7) is 7.23. The molecule has 4 heteroatoms. The quantitative estimate of drug-likeness (QED) is 0.870. The zero-order valence-corrected chi connectivity index (χ0v) is 12.4. The number of nitrogens with two attached hydrogens (primary N) is 1. The van der Waals surface area contributed by atoms with Gasteiger partial charge < -0.3 is 10.5 Å². The minimum Gasteiger partial charge on any atom is -0.377 e. The third-order valence-electron chi connectivity index (χ3n) is 4.13. The Bertz CT molecular complexity index is 432. The number of nitrogens with zero attached hydrogens (tertiary/aromatic N) is 1. The van der Waals surface area contributed by atoms with E-state index in [9.17, 15) is 4.39 Å². The smallest absolute Gasteiger partial charge is 0.123 e. The Kier molecular flexibility index (Phi) is 5.52. The van der Waals surface area contributed by atoms with Gasteiger partial charge in [-0.25, -0.2) is 4.39 Å². The fraction of sp³-hybridized carbons (Fsp3) is 0.625. The minimum absolute atomic E-state index is 0.0555. The summed E-state index contributed by atoms with van der Waals surface area (Å²) in [4.78, 5) is 2.30. The van der Waals surface area contributed by atoms with Crippen molar-refractivity contribution in [2.24, 2.45) is 5.73 Å².